The van der Waals surface area contributed by atoms with Crippen molar-refractivity contribution in [1.29, 1.82) is 0 Å². The lowest BCUT2D eigenvalue weighted by atomic mass is 10.2. The Morgan fingerprint density at radius 3 is 2.48 bits per heavy atom. The molecule has 0 unspecified atom stereocenters. The van der Waals surface area contributed by atoms with Crippen molar-refractivity contribution in [3.05, 3.63) is 68.9 Å². The van der Waals surface area contributed by atoms with E-state index in [0.717, 1.165) is 14.7 Å². The molecule has 0 atom stereocenters. The summed E-state index contributed by atoms with van der Waals surface area (Å²) >= 11 is 2.20. The van der Waals surface area contributed by atoms with E-state index in [-0.39, 0.29) is 11.7 Å². The molecule has 0 bridgehead atoms. The molecule has 0 N–H and O–H groups in total. The monoisotopic (exact) mass is 447 g/mol. The van der Waals surface area contributed by atoms with Crippen LogP contribution in [0.1, 0.15) is 24.5 Å². The number of hydrogen-bond acceptors (Lipinski definition) is 5. The highest BCUT2D eigenvalue weighted by Gasteiger charge is 2.24. The number of hydrogen-bond donors (Lipinski definition) is 0. The SMILES string of the molecule is CCC(=O)Oc1ccc(/C=C2\N=C(c3ccc(I)cc3)OC2=O)cc1. The molecule has 25 heavy (non-hydrogen) atoms. The summed E-state index contributed by atoms with van der Waals surface area (Å²) in [6.07, 6.45) is 1.95. The number of cyclic esters (lactones) is 1. The van der Waals surface area contributed by atoms with E-state index < -0.39 is 5.97 Å². The lowest BCUT2D eigenvalue weighted by Crippen LogP contribution is -2.05. The number of rotatable bonds is 4. The normalized spacial score (nSPS) is 15.0. The lowest BCUT2D eigenvalue weighted by molar-refractivity contribution is -0.134. The molecule has 3 rings (SSSR count). The van der Waals surface area contributed by atoms with Gasteiger partial charge in [-0.3, -0.25) is 4.79 Å². The van der Waals surface area contributed by atoms with E-state index in [0.29, 0.717) is 18.1 Å². The first-order valence-corrected chi connectivity index (χ1v) is 8.72. The second-order valence-electron chi connectivity index (χ2n) is 5.24. The summed E-state index contributed by atoms with van der Waals surface area (Å²) in [5, 5.41) is 0. The third-order valence-electron chi connectivity index (χ3n) is 3.42. The van der Waals surface area contributed by atoms with Gasteiger partial charge in [0.05, 0.1) is 0 Å². The van der Waals surface area contributed by atoms with Gasteiger partial charge in [-0.05, 0) is 70.6 Å². The zero-order valence-electron chi connectivity index (χ0n) is 13.4. The van der Waals surface area contributed by atoms with Gasteiger partial charge in [0.15, 0.2) is 5.70 Å². The maximum Gasteiger partial charge on any atom is 0.363 e. The van der Waals surface area contributed by atoms with Crippen molar-refractivity contribution in [3.8, 4) is 5.75 Å². The van der Waals surface area contributed by atoms with Gasteiger partial charge in [0, 0.05) is 15.6 Å². The van der Waals surface area contributed by atoms with Gasteiger partial charge < -0.3 is 9.47 Å². The summed E-state index contributed by atoms with van der Waals surface area (Å²) < 4.78 is 11.4. The Morgan fingerprint density at radius 2 is 1.84 bits per heavy atom. The second kappa shape index (κ2) is 7.60. The summed E-state index contributed by atoms with van der Waals surface area (Å²) in [5.41, 5.74) is 1.74. The Labute approximate surface area is 158 Å². The highest BCUT2D eigenvalue weighted by atomic mass is 127. The number of aliphatic imine (C=N–C) groups is 1. The van der Waals surface area contributed by atoms with Crippen molar-refractivity contribution in [3.63, 3.8) is 0 Å². The first kappa shape index (κ1) is 17.3. The summed E-state index contributed by atoms with van der Waals surface area (Å²) in [4.78, 5) is 27.5. The van der Waals surface area contributed by atoms with Crippen LogP contribution in [0, 0.1) is 3.57 Å². The van der Waals surface area contributed by atoms with Gasteiger partial charge in [-0.25, -0.2) is 9.79 Å². The summed E-state index contributed by atoms with van der Waals surface area (Å²) in [6, 6.07) is 14.4. The van der Waals surface area contributed by atoms with E-state index in [4.69, 9.17) is 9.47 Å². The molecule has 0 radical (unpaired) electrons. The van der Waals surface area contributed by atoms with Crippen LogP contribution in [0.3, 0.4) is 0 Å². The third-order valence-corrected chi connectivity index (χ3v) is 4.13. The van der Waals surface area contributed by atoms with Crippen molar-refractivity contribution in [2.24, 2.45) is 4.99 Å². The summed E-state index contributed by atoms with van der Waals surface area (Å²) in [7, 11) is 0. The smallest absolute Gasteiger partial charge is 0.363 e. The zero-order chi connectivity index (χ0) is 17.8. The van der Waals surface area contributed by atoms with Gasteiger partial charge in [0.25, 0.3) is 0 Å². The quantitative estimate of drug-likeness (QED) is 0.308. The van der Waals surface area contributed by atoms with E-state index >= 15 is 0 Å². The molecule has 0 fully saturated rings. The van der Waals surface area contributed by atoms with Crippen LogP contribution in [-0.4, -0.2) is 17.8 Å². The van der Waals surface area contributed by atoms with Crippen LogP contribution in [0.4, 0.5) is 0 Å². The number of ether oxygens (including phenoxy) is 2. The highest BCUT2D eigenvalue weighted by molar-refractivity contribution is 14.1. The molecule has 5 nitrogen and oxygen atoms in total. The van der Waals surface area contributed by atoms with Crippen LogP contribution in [0.2, 0.25) is 0 Å². The van der Waals surface area contributed by atoms with E-state index in [9.17, 15) is 9.59 Å². The van der Waals surface area contributed by atoms with Crippen LogP contribution >= 0.6 is 22.6 Å². The van der Waals surface area contributed by atoms with Crippen molar-refractivity contribution in [1.82, 2.24) is 0 Å². The third kappa shape index (κ3) is 4.33. The minimum Gasteiger partial charge on any atom is -0.427 e. The fraction of sp³-hybridized carbons (Fsp3) is 0.105. The topological polar surface area (TPSA) is 65.0 Å². The van der Waals surface area contributed by atoms with E-state index in [1.54, 1.807) is 37.3 Å². The maximum absolute atomic E-state index is 12.0. The molecular weight excluding hydrogens is 433 g/mol. The predicted molar refractivity (Wildman–Crippen MR) is 102 cm³/mol. The van der Waals surface area contributed by atoms with Crippen molar-refractivity contribution in [2.75, 3.05) is 0 Å². The molecule has 1 aliphatic heterocycles. The van der Waals surface area contributed by atoms with Crippen molar-refractivity contribution >= 4 is 46.5 Å². The molecule has 1 heterocycles. The fourth-order valence-electron chi connectivity index (χ4n) is 2.12. The number of carbonyl (C=O) groups excluding carboxylic acids is 2. The van der Waals surface area contributed by atoms with Crippen LogP contribution in [0.15, 0.2) is 59.2 Å². The number of benzene rings is 2. The average molecular weight is 447 g/mol. The molecule has 2 aromatic carbocycles. The molecule has 1 aliphatic rings. The molecule has 0 aromatic heterocycles. The Hall–Kier alpha value is -2.48. The van der Waals surface area contributed by atoms with E-state index in [1.807, 2.05) is 24.3 Å². The molecule has 0 amide bonds. The standard InChI is InChI=1S/C19H14INO4/c1-2-17(22)24-15-9-3-12(4-10-15)11-16-19(23)25-18(21-16)13-5-7-14(20)8-6-13/h3-11H,2H2,1H3/b16-11-. The van der Waals surface area contributed by atoms with Crippen LogP contribution in [0.25, 0.3) is 6.08 Å². The highest BCUT2D eigenvalue weighted by Crippen LogP contribution is 2.21. The van der Waals surface area contributed by atoms with Gasteiger partial charge in [0.1, 0.15) is 5.75 Å². The fourth-order valence-corrected chi connectivity index (χ4v) is 2.48. The van der Waals surface area contributed by atoms with E-state index in [1.165, 1.54) is 0 Å². The Balaban J connectivity index is 1.79. The number of esters is 2. The van der Waals surface area contributed by atoms with Crippen molar-refractivity contribution < 1.29 is 19.1 Å². The van der Waals surface area contributed by atoms with Gasteiger partial charge in [-0.1, -0.05) is 19.1 Å². The van der Waals surface area contributed by atoms with Gasteiger partial charge in [-0.2, -0.15) is 0 Å². The van der Waals surface area contributed by atoms with Crippen LogP contribution in [0.5, 0.6) is 5.75 Å². The Kier molecular flexibility index (Phi) is 5.28. The average Bonchev–Trinajstić information content (AvgIpc) is 2.98. The molecular formula is C19H14INO4. The van der Waals surface area contributed by atoms with Gasteiger partial charge >= 0.3 is 11.9 Å². The minimum atomic E-state index is -0.491. The molecule has 0 aliphatic carbocycles. The predicted octanol–water partition coefficient (Wildman–Crippen LogP) is 3.95. The minimum absolute atomic E-state index is 0.229. The first-order chi connectivity index (χ1) is 12.0. The lowest BCUT2D eigenvalue weighted by Gasteiger charge is -2.02. The Bertz CT molecular complexity index is 867. The van der Waals surface area contributed by atoms with Crippen LogP contribution < -0.4 is 4.74 Å². The van der Waals surface area contributed by atoms with Gasteiger partial charge in [0.2, 0.25) is 5.90 Å². The zero-order valence-corrected chi connectivity index (χ0v) is 15.5. The van der Waals surface area contributed by atoms with Crippen LogP contribution in [-0.2, 0) is 14.3 Å². The van der Waals surface area contributed by atoms with E-state index in [2.05, 4.69) is 27.6 Å². The van der Waals surface area contributed by atoms with Gasteiger partial charge in [-0.15, -0.1) is 0 Å². The molecule has 6 heteroatoms. The molecule has 2 aromatic rings. The second-order valence-corrected chi connectivity index (χ2v) is 6.49. The molecule has 0 saturated heterocycles. The number of nitrogens with zero attached hydrogens (tertiary/aromatic N) is 1. The molecule has 0 spiro atoms. The maximum atomic E-state index is 12.0. The summed E-state index contributed by atoms with van der Waals surface area (Å²) in [5.74, 6) is -0.0282. The molecule has 0 saturated carbocycles. The first-order valence-electron chi connectivity index (χ1n) is 7.64. The summed E-state index contributed by atoms with van der Waals surface area (Å²) in [6.45, 7) is 1.73. The van der Waals surface area contributed by atoms with Crippen molar-refractivity contribution in [2.45, 2.75) is 13.3 Å². The largest absolute Gasteiger partial charge is 0.427 e. The Morgan fingerprint density at radius 1 is 1.16 bits per heavy atom. The molecule has 126 valence electrons. The number of carbonyl (C=O) groups is 2. The number of halogens is 1.